The van der Waals surface area contributed by atoms with E-state index in [1.54, 1.807) is 6.07 Å². The minimum absolute atomic E-state index is 0.338. The quantitative estimate of drug-likeness (QED) is 0.809. The number of aromatic hydroxyl groups is 1. The van der Waals surface area contributed by atoms with Crippen LogP contribution in [0.4, 0.5) is 5.69 Å². The Morgan fingerprint density at radius 1 is 1.06 bits per heavy atom. The Balaban J connectivity index is 2.10. The maximum Gasteiger partial charge on any atom is 0.118 e. The summed E-state index contributed by atoms with van der Waals surface area (Å²) in [7, 11) is 0. The first-order valence-electron chi connectivity index (χ1n) is 5.85. The summed E-state index contributed by atoms with van der Waals surface area (Å²) in [5.41, 5.74) is 4.12. The molecule has 3 heteroatoms. The van der Waals surface area contributed by atoms with Crippen LogP contribution >= 0.6 is 11.6 Å². The van der Waals surface area contributed by atoms with E-state index >= 15 is 0 Å². The number of hydrogen-bond acceptors (Lipinski definition) is 2. The molecule has 0 heterocycles. The molecule has 2 aromatic carbocycles. The summed E-state index contributed by atoms with van der Waals surface area (Å²) in [6.45, 7) is 4.60. The van der Waals surface area contributed by atoms with Crippen molar-refractivity contribution in [1.82, 2.24) is 0 Å². The van der Waals surface area contributed by atoms with Gasteiger partial charge in [0.15, 0.2) is 0 Å². The molecule has 0 radical (unpaired) electrons. The third kappa shape index (κ3) is 2.96. The normalized spacial score (nSPS) is 10.4. The zero-order chi connectivity index (χ0) is 13.1. The van der Waals surface area contributed by atoms with Crippen molar-refractivity contribution in [3.05, 3.63) is 58.1 Å². The number of nitrogens with one attached hydrogen (secondary N) is 1. The molecule has 0 saturated carbocycles. The number of benzene rings is 2. The minimum atomic E-state index is 0.338. The third-order valence-corrected chi connectivity index (χ3v) is 3.19. The van der Waals surface area contributed by atoms with E-state index in [0.29, 0.717) is 5.75 Å². The van der Waals surface area contributed by atoms with E-state index in [4.69, 9.17) is 11.6 Å². The molecular formula is C15H16ClNO. The number of halogens is 1. The van der Waals surface area contributed by atoms with E-state index in [-0.39, 0.29) is 0 Å². The molecule has 2 aromatic rings. The molecule has 0 spiro atoms. The zero-order valence-electron chi connectivity index (χ0n) is 10.5. The molecule has 0 aliphatic heterocycles. The molecule has 0 bridgehead atoms. The molecule has 0 amide bonds. The molecule has 0 unspecified atom stereocenters. The van der Waals surface area contributed by atoms with Crippen molar-refractivity contribution >= 4 is 17.3 Å². The van der Waals surface area contributed by atoms with Crippen LogP contribution in [0.15, 0.2) is 36.4 Å². The predicted molar refractivity (Wildman–Crippen MR) is 76.4 cm³/mol. The summed E-state index contributed by atoms with van der Waals surface area (Å²) in [6.07, 6.45) is 0. The standard InChI is InChI=1S/C15H16ClNO/c1-10-8-15(18)11(2)7-14(10)17-9-12-3-5-13(16)6-4-12/h3-8,17-18H,9H2,1-2H3. The lowest BCUT2D eigenvalue weighted by molar-refractivity contribution is 0.471. The van der Waals surface area contributed by atoms with Gasteiger partial charge in [-0.05, 0) is 54.8 Å². The highest BCUT2D eigenvalue weighted by Gasteiger charge is 2.03. The predicted octanol–water partition coefficient (Wildman–Crippen LogP) is 4.27. The summed E-state index contributed by atoms with van der Waals surface area (Å²) in [4.78, 5) is 0. The second kappa shape index (κ2) is 5.32. The average Bonchev–Trinajstić information content (AvgIpc) is 2.34. The summed E-state index contributed by atoms with van der Waals surface area (Å²) in [6, 6.07) is 11.5. The largest absolute Gasteiger partial charge is 0.508 e. The molecule has 0 aliphatic carbocycles. The second-order valence-electron chi connectivity index (χ2n) is 4.43. The Kier molecular flexibility index (Phi) is 3.78. The van der Waals surface area contributed by atoms with Gasteiger partial charge in [0.2, 0.25) is 0 Å². The van der Waals surface area contributed by atoms with Gasteiger partial charge in [0.05, 0.1) is 0 Å². The van der Waals surface area contributed by atoms with Crippen molar-refractivity contribution in [1.29, 1.82) is 0 Å². The average molecular weight is 262 g/mol. The smallest absolute Gasteiger partial charge is 0.118 e. The number of aryl methyl sites for hydroxylation is 2. The Morgan fingerprint density at radius 3 is 2.39 bits per heavy atom. The van der Waals surface area contributed by atoms with E-state index in [1.165, 1.54) is 5.56 Å². The molecule has 0 aliphatic rings. The number of anilines is 1. The van der Waals surface area contributed by atoms with Crippen LogP contribution in [-0.2, 0) is 6.54 Å². The van der Waals surface area contributed by atoms with Crippen molar-refractivity contribution in [2.45, 2.75) is 20.4 Å². The zero-order valence-corrected chi connectivity index (χ0v) is 11.3. The SMILES string of the molecule is Cc1cc(NCc2ccc(Cl)cc2)c(C)cc1O. The summed E-state index contributed by atoms with van der Waals surface area (Å²) in [5, 5.41) is 13.7. The molecule has 2 rings (SSSR count). The highest BCUT2D eigenvalue weighted by Crippen LogP contribution is 2.25. The summed E-state index contributed by atoms with van der Waals surface area (Å²) < 4.78 is 0. The molecule has 2 N–H and O–H groups in total. The lowest BCUT2D eigenvalue weighted by Gasteiger charge is -2.11. The summed E-state index contributed by atoms with van der Waals surface area (Å²) >= 11 is 5.84. The Morgan fingerprint density at radius 2 is 1.72 bits per heavy atom. The van der Waals surface area contributed by atoms with Crippen LogP contribution in [-0.4, -0.2) is 5.11 Å². The van der Waals surface area contributed by atoms with E-state index in [2.05, 4.69) is 5.32 Å². The number of rotatable bonds is 3. The van der Waals surface area contributed by atoms with Crippen molar-refractivity contribution in [2.24, 2.45) is 0 Å². The van der Waals surface area contributed by atoms with Crippen molar-refractivity contribution in [3.8, 4) is 5.75 Å². The molecule has 2 nitrogen and oxygen atoms in total. The molecular weight excluding hydrogens is 246 g/mol. The van der Waals surface area contributed by atoms with Gasteiger partial charge >= 0.3 is 0 Å². The van der Waals surface area contributed by atoms with Crippen LogP contribution in [0.1, 0.15) is 16.7 Å². The van der Waals surface area contributed by atoms with Crippen molar-refractivity contribution in [3.63, 3.8) is 0 Å². The van der Waals surface area contributed by atoms with Gasteiger partial charge in [-0.1, -0.05) is 23.7 Å². The Labute approximate surface area is 112 Å². The van der Waals surface area contributed by atoms with E-state index in [1.807, 2.05) is 44.2 Å². The van der Waals surface area contributed by atoms with E-state index < -0.39 is 0 Å². The van der Waals surface area contributed by atoms with Crippen LogP contribution in [0.25, 0.3) is 0 Å². The maximum absolute atomic E-state index is 9.60. The van der Waals surface area contributed by atoms with Gasteiger partial charge in [-0.2, -0.15) is 0 Å². The number of phenols is 1. The first kappa shape index (κ1) is 12.8. The topological polar surface area (TPSA) is 32.3 Å². The van der Waals surface area contributed by atoms with Crippen molar-refractivity contribution in [2.75, 3.05) is 5.32 Å². The Hall–Kier alpha value is -1.67. The van der Waals surface area contributed by atoms with Gasteiger partial charge in [-0.25, -0.2) is 0 Å². The van der Waals surface area contributed by atoms with Crippen molar-refractivity contribution < 1.29 is 5.11 Å². The van der Waals surface area contributed by atoms with Crippen LogP contribution in [0, 0.1) is 13.8 Å². The fraction of sp³-hybridized carbons (Fsp3) is 0.200. The lowest BCUT2D eigenvalue weighted by atomic mass is 10.1. The van der Waals surface area contributed by atoms with Crippen LogP contribution < -0.4 is 5.32 Å². The monoisotopic (exact) mass is 261 g/mol. The Bertz CT molecular complexity index is 549. The van der Waals surface area contributed by atoms with Gasteiger partial charge in [-0.3, -0.25) is 0 Å². The van der Waals surface area contributed by atoms with Gasteiger partial charge in [0.1, 0.15) is 5.75 Å². The molecule has 0 aromatic heterocycles. The maximum atomic E-state index is 9.60. The molecule has 0 atom stereocenters. The molecule has 0 saturated heterocycles. The van der Waals surface area contributed by atoms with Gasteiger partial charge < -0.3 is 10.4 Å². The fourth-order valence-corrected chi connectivity index (χ4v) is 1.92. The van der Waals surface area contributed by atoms with E-state index in [0.717, 1.165) is 28.4 Å². The van der Waals surface area contributed by atoms with E-state index in [9.17, 15) is 5.11 Å². The highest BCUT2D eigenvalue weighted by molar-refractivity contribution is 6.30. The van der Waals surface area contributed by atoms with Gasteiger partial charge in [-0.15, -0.1) is 0 Å². The highest BCUT2D eigenvalue weighted by atomic mass is 35.5. The fourth-order valence-electron chi connectivity index (χ4n) is 1.79. The first-order chi connectivity index (χ1) is 8.56. The van der Waals surface area contributed by atoms with Crippen LogP contribution in [0.2, 0.25) is 5.02 Å². The van der Waals surface area contributed by atoms with Gasteiger partial charge in [0, 0.05) is 17.3 Å². The third-order valence-electron chi connectivity index (χ3n) is 2.94. The number of phenolic OH excluding ortho intramolecular Hbond substituents is 1. The molecule has 18 heavy (non-hydrogen) atoms. The number of hydrogen-bond donors (Lipinski definition) is 2. The second-order valence-corrected chi connectivity index (χ2v) is 4.87. The summed E-state index contributed by atoms with van der Waals surface area (Å²) in [5.74, 6) is 0.338. The molecule has 94 valence electrons. The van der Waals surface area contributed by atoms with Crippen LogP contribution in [0.3, 0.4) is 0 Å². The first-order valence-corrected chi connectivity index (χ1v) is 6.22. The lowest BCUT2D eigenvalue weighted by Crippen LogP contribution is -2.01. The van der Waals surface area contributed by atoms with Gasteiger partial charge in [0.25, 0.3) is 0 Å². The van der Waals surface area contributed by atoms with Crippen LogP contribution in [0.5, 0.6) is 5.75 Å². The molecule has 0 fully saturated rings. The minimum Gasteiger partial charge on any atom is -0.508 e.